The second-order valence-corrected chi connectivity index (χ2v) is 6.92. The van der Waals surface area contributed by atoms with E-state index in [-0.39, 0.29) is 23.5 Å². The number of carbonyl (C=O) groups excluding carboxylic acids is 2. The Hall–Kier alpha value is -2.90. The summed E-state index contributed by atoms with van der Waals surface area (Å²) in [4.78, 5) is 31.1. The van der Waals surface area contributed by atoms with E-state index in [0.29, 0.717) is 36.3 Å². The lowest BCUT2D eigenvalue weighted by molar-refractivity contribution is -0.136. The van der Waals surface area contributed by atoms with E-state index in [1.54, 1.807) is 18.3 Å². The second-order valence-electron chi connectivity index (χ2n) is 6.92. The topological polar surface area (TPSA) is 54.7 Å². The van der Waals surface area contributed by atoms with E-state index in [9.17, 15) is 22.8 Å². The van der Waals surface area contributed by atoms with Crippen molar-refractivity contribution >= 4 is 34.4 Å². The Morgan fingerprint density at radius 1 is 1.15 bits per heavy atom. The fourth-order valence-corrected chi connectivity index (χ4v) is 4.35. The minimum absolute atomic E-state index is 0.0362. The van der Waals surface area contributed by atoms with Crippen LogP contribution in [0.5, 0.6) is 0 Å². The Morgan fingerprint density at radius 2 is 1.96 bits per heavy atom. The summed E-state index contributed by atoms with van der Waals surface area (Å²) in [5.74, 6) is -1.29. The number of aliphatic imine (C=N–C) groups is 1. The fraction of sp³-hybridized carbons (Fsp3) is 0.316. The van der Waals surface area contributed by atoms with E-state index in [4.69, 9.17) is 0 Å². The average molecular weight is 373 g/mol. The highest BCUT2D eigenvalue weighted by Crippen LogP contribution is 2.45. The smallest absolute Gasteiger partial charge is 0.359 e. The minimum atomic E-state index is -4.56. The molecule has 2 aromatic rings. The third-order valence-electron chi connectivity index (χ3n) is 5.50. The largest absolute Gasteiger partial charge is 0.418 e. The number of nitrogens with zero attached hydrogens (tertiary/aromatic N) is 3. The van der Waals surface area contributed by atoms with Crippen LogP contribution in [0.2, 0.25) is 0 Å². The summed E-state index contributed by atoms with van der Waals surface area (Å²) < 4.78 is 42.2. The molecule has 0 radical (unpaired) electrons. The van der Waals surface area contributed by atoms with Crippen LogP contribution in [0, 0.1) is 0 Å². The predicted octanol–water partition coefficient (Wildman–Crippen LogP) is 3.20. The van der Waals surface area contributed by atoms with Crippen LogP contribution in [-0.2, 0) is 15.8 Å². The zero-order valence-corrected chi connectivity index (χ0v) is 14.1. The van der Waals surface area contributed by atoms with E-state index in [1.165, 1.54) is 10.6 Å². The summed E-state index contributed by atoms with van der Waals surface area (Å²) in [6.45, 7) is 0.850. The zero-order chi connectivity index (χ0) is 18.9. The highest BCUT2D eigenvalue weighted by Gasteiger charge is 2.42. The van der Waals surface area contributed by atoms with Crippen molar-refractivity contribution in [3.63, 3.8) is 0 Å². The molecule has 8 heteroatoms. The van der Waals surface area contributed by atoms with Gasteiger partial charge in [-0.1, -0.05) is 18.2 Å². The van der Waals surface area contributed by atoms with Crippen molar-refractivity contribution in [3.8, 4) is 0 Å². The number of hydrogen-bond donors (Lipinski definition) is 0. The molecule has 3 aliphatic rings. The predicted molar refractivity (Wildman–Crippen MR) is 92.2 cm³/mol. The fourth-order valence-electron chi connectivity index (χ4n) is 4.35. The first-order valence-corrected chi connectivity index (χ1v) is 8.65. The number of allylic oxidation sites excluding steroid dienone is 2. The lowest BCUT2D eigenvalue weighted by Gasteiger charge is -2.36. The first-order chi connectivity index (χ1) is 12.9. The van der Waals surface area contributed by atoms with Crippen LogP contribution in [0.3, 0.4) is 0 Å². The molecule has 3 heterocycles. The molecule has 0 spiro atoms. The Labute approximate surface area is 151 Å². The number of para-hydroxylation sites is 1. The molecule has 0 amide bonds. The van der Waals surface area contributed by atoms with Crippen LogP contribution >= 0.6 is 0 Å². The van der Waals surface area contributed by atoms with Gasteiger partial charge < -0.3 is 9.47 Å². The molecular weight excluding hydrogens is 359 g/mol. The molecule has 1 atom stereocenters. The van der Waals surface area contributed by atoms with Crippen LogP contribution < -0.4 is 0 Å². The third kappa shape index (κ3) is 2.15. The van der Waals surface area contributed by atoms with Gasteiger partial charge in [-0.15, -0.1) is 0 Å². The van der Waals surface area contributed by atoms with Crippen LogP contribution in [0.4, 0.5) is 13.2 Å². The maximum absolute atomic E-state index is 13.6. The van der Waals surface area contributed by atoms with Gasteiger partial charge in [-0.3, -0.25) is 14.6 Å². The number of Topliss-reactive ketones (excluding diaryl/α,β-unsaturated/α-hetero) is 2. The first kappa shape index (κ1) is 16.3. The Kier molecular flexibility index (Phi) is 3.20. The monoisotopic (exact) mass is 373 g/mol. The van der Waals surface area contributed by atoms with Crippen molar-refractivity contribution in [1.29, 1.82) is 0 Å². The van der Waals surface area contributed by atoms with Gasteiger partial charge in [0.1, 0.15) is 5.70 Å². The summed E-state index contributed by atoms with van der Waals surface area (Å²) >= 11 is 0. The van der Waals surface area contributed by atoms with Crippen molar-refractivity contribution < 1.29 is 22.8 Å². The summed E-state index contributed by atoms with van der Waals surface area (Å²) in [5, 5.41) is 0.0362. The summed E-state index contributed by atoms with van der Waals surface area (Å²) in [6, 6.07) is 4.53. The van der Waals surface area contributed by atoms with E-state index in [0.717, 1.165) is 6.20 Å². The molecule has 1 aromatic heterocycles. The SMILES string of the molecule is O=C1CCC2=C(C1=O)n1cc(C(F)(F)F)c3cccc(c31)C1CN=CCN21. The quantitative estimate of drug-likeness (QED) is 0.667. The number of fused-ring (bicyclic) bond motifs is 4. The number of aromatic nitrogens is 1. The zero-order valence-electron chi connectivity index (χ0n) is 14.1. The van der Waals surface area contributed by atoms with Crippen LogP contribution in [0.25, 0.3) is 16.6 Å². The maximum atomic E-state index is 13.6. The van der Waals surface area contributed by atoms with Gasteiger partial charge in [0.05, 0.1) is 30.2 Å². The number of halogens is 3. The number of benzene rings is 1. The van der Waals surface area contributed by atoms with Gasteiger partial charge in [0, 0.05) is 35.5 Å². The second kappa shape index (κ2) is 5.31. The molecule has 1 unspecified atom stereocenters. The molecule has 5 nitrogen and oxygen atoms in total. The third-order valence-corrected chi connectivity index (χ3v) is 5.50. The van der Waals surface area contributed by atoms with Gasteiger partial charge in [-0.05, 0) is 6.42 Å². The van der Waals surface area contributed by atoms with E-state index in [2.05, 4.69) is 4.99 Å². The highest BCUT2D eigenvalue weighted by atomic mass is 19.4. The van der Waals surface area contributed by atoms with Crippen molar-refractivity contribution in [1.82, 2.24) is 9.47 Å². The van der Waals surface area contributed by atoms with Crippen molar-refractivity contribution in [2.24, 2.45) is 4.99 Å². The molecule has 1 aliphatic carbocycles. The lowest BCUT2D eigenvalue weighted by atomic mass is 9.95. The highest BCUT2D eigenvalue weighted by molar-refractivity contribution is 6.53. The number of hydrogen-bond acceptors (Lipinski definition) is 4. The van der Waals surface area contributed by atoms with Crippen molar-refractivity contribution in [2.45, 2.75) is 25.1 Å². The van der Waals surface area contributed by atoms with Gasteiger partial charge >= 0.3 is 6.18 Å². The van der Waals surface area contributed by atoms with E-state index < -0.39 is 23.3 Å². The number of ketones is 2. The van der Waals surface area contributed by atoms with E-state index >= 15 is 0 Å². The van der Waals surface area contributed by atoms with Crippen LogP contribution in [0.1, 0.15) is 30.0 Å². The molecule has 5 rings (SSSR count). The summed E-state index contributed by atoms with van der Waals surface area (Å²) in [6.07, 6.45) is -1.46. The van der Waals surface area contributed by atoms with Crippen LogP contribution in [-0.4, -0.2) is 40.3 Å². The Bertz CT molecular complexity index is 1080. The molecular formula is C19H14F3N3O2. The first-order valence-electron chi connectivity index (χ1n) is 8.65. The van der Waals surface area contributed by atoms with E-state index in [1.807, 2.05) is 4.90 Å². The minimum Gasteiger partial charge on any atom is -0.359 e. The standard InChI is InChI=1S/C19H14F3N3O2/c20-19(21,22)12-9-25-16-10(12)2-1-3-11(16)14-8-23-6-7-24(14)13-4-5-15(26)18(27)17(13)25/h1-3,6,9,14H,4-5,7-8H2. The normalized spacial score (nSPS) is 22.2. The van der Waals surface area contributed by atoms with Crippen molar-refractivity contribution in [3.05, 3.63) is 41.2 Å². The molecule has 2 aliphatic heterocycles. The molecule has 0 saturated carbocycles. The molecule has 138 valence electrons. The molecule has 0 N–H and O–H groups in total. The molecule has 27 heavy (non-hydrogen) atoms. The average Bonchev–Trinajstić information content (AvgIpc) is 2.98. The number of carbonyl (C=O) groups is 2. The number of alkyl halides is 3. The van der Waals surface area contributed by atoms with Gasteiger partial charge in [0.15, 0.2) is 0 Å². The van der Waals surface area contributed by atoms with Crippen molar-refractivity contribution in [2.75, 3.05) is 13.1 Å². The molecule has 0 fully saturated rings. The van der Waals surface area contributed by atoms with Gasteiger partial charge in [0.2, 0.25) is 11.6 Å². The summed E-state index contributed by atoms with van der Waals surface area (Å²) in [5.41, 5.74) is 0.902. The molecule has 1 aromatic carbocycles. The molecule has 0 saturated heterocycles. The Morgan fingerprint density at radius 3 is 2.74 bits per heavy atom. The van der Waals surface area contributed by atoms with Gasteiger partial charge in [-0.2, -0.15) is 13.2 Å². The maximum Gasteiger partial charge on any atom is 0.418 e. The number of rotatable bonds is 0. The Balaban J connectivity index is 1.92. The molecule has 0 bridgehead atoms. The van der Waals surface area contributed by atoms with Gasteiger partial charge in [0.25, 0.3) is 0 Å². The van der Waals surface area contributed by atoms with Crippen LogP contribution in [0.15, 0.2) is 35.1 Å². The summed E-state index contributed by atoms with van der Waals surface area (Å²) in [7, 11) is 0. The van der Waals surface area contributed by atoms with Gasteiger partial charge in [-0.25, -0.2) is 0 Å². The lowest BCUT2D eigenvalue weighted by Crippen LogP contribution is -2.37.